The first-order valence-electron chi connectivity index (χ1n) is 8.87. The van der Waals surface area contributed by atoms with Crippen molar-refractivity contribution in [2.24, 2.45) is 0 Å². The third-order valence-electron chi connectivity index (χ3n) is 4.44. The molecule has 0 spiro atoms. The van der Waals surface area contributed by atoms with Gasteiger partial charge in [0.1, 0.15) is 4.90 Å². The first-order chi connectivity index (χ1) is 12.9. The molecule has 0 saturated carbocycles. The number of pyridine rings is 1. The van der Waals surface area contributed by atoms with E-state index in [2.05, 4.69) is 14.9 Å². The first-order valence-corrected chi connectivity index (χ1v) is 10.4. The minimum absolute atomic E-state index is 0.0664. The van der Waals surface area contributed by atoms with Gasteiger partial charge in [-0.1, -0.05) is 42.4 Å². The van der Waals surface area contributed by atoms with Crippen molar-refractivity contribution in [2.75, 3.05) is 6.54 Å². The maximum Gasteiger partial charge on any atom is 0.258 e. The third-order valence-corrected chi connectivity index (χ3v) is 5.83. The van der Waals surface area contributed by atoms with Crippen LogP contribution >= 0.6 is 0 Å². The lowest BCUT2D eigenvalue weighted by atomic mass is 9.94. The van der Waals surface area contributed by atoms with Gasteiger partial charge in [0, 0.05) is 6.54 Å². The van der Waals surface area contributed by atoms with E-state index in [0.29, 0.717) is 29.6 Å². The minimum Gasteiger partial charge on any atom is -0.393 e. The SMILES string of the molecule is CCc1noc2ncc(S(=O)(=O)NC[C@@H](C[C@H](C)O)c3ccccc3)cc12. The van der Waals surface area contributed by atoms with Crippen molar-refractivity contribution in [3.05, 3.63) is 53.9 Å². The first kappa shape index (κ1) is 19.5. The number of fused-ring (bicyclic) bond motifs is 1. The highest BCUT2D eigenvalue weighted by Crippen LogP contribution is 2.23. The Morgan fingerprint density at radius 1 is 1.26 bits per heavy atom. The Bertz CT molecular complexity index is 1000. The molecule has 0 aliphatic carbocycles. The van der Waals surface area contributed by atoms with Gasteiger partial charge in [-0.25, -0.2) is 18.1 Å². The van der Waals surface area contributed by atoms with Crippen molar-refractivity contribution < 1.29 is 18.0 Å². The van der Waals surface area contributed by atoms with Crippen molar-refractivity contribution in [3.8, 4) is 0 Å². The Labute approximate surface area is 158 Å². The summed E-state index contributed by atoms with van der Waals surface area (Å²) in [6.45, 7) is 3.79. The summed E-state index contributed by atoms with van der Waals surface area (Å²) < 4.78 is 33.3. The van der Waals surface area contributed by atoms with Crippen LogP contribution in [0.25, 0.3) is 11.1 Å². The molecule has 0 amide bonds. The second-order valence-corrected chi connectivity index (χ2v) is 8.32. The van der Waals surface area contributed by atoms with Crippen LogP contribution in [-0.4, -0.2) is 36.3 Å². The van der Waals surface area contributed by atoms with Gasteiger partial charge in [0.2, 0.25) is 10.0 Å². The zero-order valence-corrected chi connectivity index (χ0v) is 16.1. The molecule has 2 heterocycles. The number of nitrogens with zero attached hydrogens (tertiary/aromatic N) is 2. The smallest absolute Gasteiger partial charge is 0.258 e. The quantitative estimate of drug-likeness (QED) is 0.613. The summed E-state index contributed by atoms with van der Waals surface area (Å²) in [6.07, 6.45) is 1.80. The predicted octanol–water partition coefficient (Wildman–Crippen LogP) is 2.62. The summed E-state index contributed by atoms with van der Waals surface area (Å²) >= 11 is 0. The van der Waals surface area contributed by atoms with E-state index in [1.807, 2.05) is 37.3 Å². The average Bonchev–Trinajstić information content (AvgIpc) is 3.08. The second kappa shape index (κ2) is 8.16. The van der Waals surface area contributed by atoms with Crippen LogP contribution in [0.2, 0.25) is 0 Å². The van der Waals surface area contributed by atoms with Crippen LogP contribution in [0.1, 0.15) is 37.4 Å². The summed E-state index contributed by atoms with van der Waals surface area (Å²) in [5, 5.41) is 14.3. The van der Waals surface area contributed by atoms with E-state index in [9.17, 15) is 13.5 Å². The van der Waals surface area contributed by atoms with Gasteiger partial charge in [-0.2, -0.15) is 0 Å². The lowest BCUT2D eigenvalue weighted by Gasteiger charge is -2.19. The highest BCUT2D eigenvalue weighted by molar-refractivity contribution is 7.89. The molecule has 1 aromatic carbocycles. The standard InChI is InChI=1S/C19H23N3O4S/c1-3-18-17-10-16(12-20-19(17)26-22-18)27(24,25)21-11-15(9-13(2)23)14-7-5-4-6-8-14/h4-8,10,12-13,15,21,23H,3,9,11H2,1-2H3/t13-,15+/m0/s1. The zero-order chi connectivity index (χ0) is 19.4. The molecule has 3 aromatic rings. The van der Waals surface area contributed by atoms with Crippen molar-refractivity contribution in [1.82, 2.24) is 14.9 Å². The molecule has 0 bridgehead atoms. The molecule has 2 N–H and O–H groups in total. The number of hydrogen-bond acceptors (Lipinski definition) is 6. The summed E-state index contributed by atoms with van der Waals surface area (Å²) in [4.78, 5) is 4.13. The van der Waals surface area contributed by atoms with Crippen LogP contribution in [0.4, 0.5) is 0 Å². The van der Waals surface area contributed by atoms with Gasteiger partial charge in [0.05, 0.1) is 23.4 Å². The Hall–Kier alpha value is -2.29. The number of aromatic nitrogens is 2. The highest BCUT2D eigenvalue weighted by atomic mass is 32.2. The van der Waals surface area contributed by atoms with Crippen LogP contribution in [0.15, 0.2) is 52.0 Å². The van der Waals surface area contributed by atoms with Gasteiger partial charge in [0.15, 0.2) is 0 Å². The molecular weight excluding hydrogens is 366 g/mol. The Kier molecular flexibility index (Phi) is 5.88. The zero-order valence-electron chi connectivity index (χ0n) is 15.3. The van der Waals surface area contributed by atoms with Crippen LogP contribution in [0.3, 0.4) is 0 Å². The number of aliphatic hydroxyl groups excluding tert-OH is 1. The van der Waals surface area contributed by atoms with E-state index in [1.165, 1.54) is 12.3 Å². The normalized spacial score (nSPS) is 14.3. The number of hydrogen-bond donors (Lipinski definition) is 2. The van der Waals surface area contributed by atoms with Crippen molar-refractivity contribution in [2.45, 2.75) is 43.6 Å². The molecule has 0 unspecified atom stereocenters. The summed E-state index contributed by atoms with van der Waals surface area (Å²) in [6, 6.07) is 11.1. The van der Waals surface area contributed by atoms with Crippen molar-refractivity contribution in [1.29, 1.82) is 0 Å². The van der Waals surface area contributed by atoms with E-state index in [1.54, 1.807) is 6.92 Å². The number of rotatable bonds is 8. The maximum absolute atomic E-state index is 12.8. The molecular formula is C19H23N3O4S. The number of benzene rings is 1. The molecule has 0 fully saturated rings. The van der Waals surface area contributed by atoms with Gasteiger partial charge in [-0.05, 0) is 37.3 Å². The lowest BCUT2D eigenvalue weighted by Crippen LogP contribution is -2.30. The topological polar surface area (TPSA) is 105 Å². The van der Waals surface area contributed by atoms with E-state index in [0.717, 1.165) is 5.56 Å². The van der Waals surface area contributed by atoms with E-state index in [-0.39, 0.29) is 17.4 Å². The number of nitrogens with one attached hydrogen (secondary N) is 1. The molecule has 8 heteroatoms. The Balaban J connectivity index is 1.82. The molecule has 2 atom stereocenters. The van der Waals surface area contributed by atoms with Gasteiger partial charge < -0.3 is 9.63 Å². The lowest BCUT2D eigenvalue weighted by molar-refractivity contribution is 0.174. The van der Waals surface area contributed by atoms with Crippen molar-refractivity contribution >= 4 is 21.1 Å². The summed E-state index contributed by atoms with van der Waals surface area (Å²) in [7, 11) is -3.76. The number of aryl methyl sites for hydroxylation is 1. The van der Waals surface area contributed by atoms with E-state index >= 15 is 0 Å². The van der Waals surface area contributed by atoms with E-state index < -0.39 is 16.1 Å². The van der Waals surface area contributed by atoms with Gasteiger partial charge in [-0.3, -0.25) is 0 Å². The molecule has 0 saturated heterocycles. The molecule has 0 radical (unpaired) electrons. The predicted molar refractivity (Wildman–Crippen MR) is 102 cm³/mol. The fraction of sp³-hybridized carbons (Fsp3) is 0.368. The van der Waals surface area contributed by atoms with Crippen molar-refractivity contribution in [3.63, 3.8) is 0 Å². The van der Waals surface area contributed by atoms with Gasteiger partial charge in [-0.15, -0.1) is 0 Å². The minimum atomic E-state index is -3.76. The van der Waals surface area contributed by atoms with Gasteiger partial charge in [0.25, 0.3) is 5.71 Å². The number of aliphatic hydroxyl groups is 1. The molecule has 2 aromatic heterocycles. The molecule has 7 nitrogen and oxygen atoms in total. The maximum atomic E-state index is 12.8. The Morgan fingerprint density at radius 2 is 2.00 bits per heavy atom. The fourth-order valence-electron chi connectivity index (χ4n) is 3.03. The third kappa shape index (κ3) is 4.52. The van der Waals surface area contributed by atoms with Crippen LogP contribution in [0.5, 0.6) is 0 Å². The van der Waals surface area contributed by atoms with Crippen LogP contribution in [-0.2, 0) is 16.4 Å². The molecule has 3 rings (SSSR count). The molecule has 0 aliphatic heterocycles. The van der Waals surface area contributed by atoms with Gasteiger partial charge >= 0.3 is 0 Å². The summed E-state index contributed by atoms with van der Waals surface area (Å²) in [5.41, 5.74) is 1.97. The monoisotopic (exact) mass is 389 g/mol. The summed E-state index contributed by atoms with van der Waals surface area (Å²) in [5.74, 6) is -0.139. The van der Waals surface area contributed by atoms with E-state index in [4.69, 9.17) is 4.52 Å². The highest BCUT2D eigenvalue weighted by Gasteiger charge is 2.21. The fourth-order valence-corrected chi connectivity index (χ4v) is 4.08. The number of sulfonamides is 1. The molecule has 144 valence electrons. The van der Waals surface area contributed by atoms with Crippen LogP contribution < -0.4 is 4.72 Å². The Morgan fingerprint density at radius 3 is 2.67 bits per heavy atom. The molecule has 0 aliphatic rings. The second-order valence-electron chi connectivity index (χ2n) is 6.55. The largest absolute Gasteiger partial charge is 0.393 e. The van der Waals surface area contributed by atoms with Crippen LogP contribution in [0, 0.1) is 0 Å². The average molecular weight is 389 g/mol. The molecule has 27 heavy (non-hydrogen) atoms.